The number of nitrogens with two attached hydrogens (primary N) is 1. The first-order valence-electron chi connectivity index (χ1n) is 6.82. The first-order valence-corrected chi connectivity index (χ1v) is 6.82. The van der Waals surface area contributed by atoms with Crippen LogP contribution < -0.4 is 15.4 Å². The second-order valence-electron chi connectivity index (χ2n) is 4.67. The third-order valence-electron chi connectivity index (χ3n) is 3.26. The van der Waals surface area contributed by atoms with Crippen molar-refractivity contribution in [3.05, 3.63) is 24.3 Å². The lowest BCUT2D eigenvalue weighted by molar-refractivity contribution is 0.188. The maximum Gasteiger partial charge on any atom is 0.120 e. The van der Waals surface area contributed by atoms with Crippen LogP contribution in [0.4, 0.5) is 5.69 Å². The zero-order valence-electron chi connectivity index (χ0n) is 12.3. The Morgan fingerprint density at radius 1 is 1.32 bits per heavy atom. The van der Waals surface area contributed by atoms with E-state index in [-0.39, 0.29) is 0 Å². The fourth-order valence-electron chi connectivity index (χ4n) is 2.10. The van der Waals surface area contributed by atoms with Crippen LogP contribution in [0, 0.1) is 0 Å². The van der Waals surface area contributed by atoms with Gasteiger partial charge in [-0.3, -0.25) is 0 Å². The molecule has 0 aliphatic heterocycles. The third-order valence-corrected chi connectivity index (χ3v) is 3.26. The molecule has 1 aromatic rings. The number of hydrogen-bond donors (Lipinski definition) is 1. The van der Waals surface area contributed by atoms with E-state index in [1.54, 1.807) is 14.2 Å². The van der Waals surface area contributed by atoms with E-state index in [0.29, 0.717) is 12.6 Å². The Kier molecular flexibility index (Phi) is 7.30. The van der Waals surface area contributed by atoms with Gasteiger partial charge in [-0.15, -0.1) is 0 Å². The van der Waals surface area contributed by atoms with Gasteiger partial charge in [0.05, 0.1) is 7.11 Å². The van der Waals surface area contributed by atoms with Crippen molar-refractivity contribution < 1.29 is 9.47 Å². The molecular formula is C15H26N2O2. The van der Waals surface area contributed by atoms with Crippen molar-refractivity contribution in [3.8, 4) is 5.75 Å². The van der Waals surface area contributed by atoms with Gasteiger partial charge in [0.25, 0.3) is 0 Å². The summed E-state index contributed by atoms with van der Waals surface area (Å²) in [6.45, 7) is 4.64. The maximum atomic E-state index is 5.64. The van der Waals surface area contributed by atoms with E-state index in [1.165, 1.54) is 5.69 Å². The minimum absolute atomic E-state index is 0.415. The number of methoxy groups -OCH3 is 2. The van der Waals surface area contributed by atoms with Crippen molar-refractivity contribution in [1.82, 2.24) is 0 Å². The van der Waals surface area contributed by atoms with Crippen molar-refractivity contribution in [3.63, 3.8) is 0 Å². The molecule has 0 aliphatic carbocycles. The summed E-state index contributed by atoms with van der Waals surface area (Å²) in [5.74, 6) is 0.884. The van der Waals surface area contributed by atoms with Gasteiger partial charge >= 0.3 is 0 Å². The molecule has 19 heavy (non-hydrogen) atoms. The number of anilines is 1. The Hall–Kier alpha value is -1.26. The van der Waals surface area contributed by atoms with Crippen LogP contribution in [0.5, 0.6) is 5.75 Å². The van der Waals surface area contributed by atoms with Gasteiger partial charge in [0.15, 0.2) is 0 Å². The van der Waals surface area contributed by atoms with Gasteiger partial charge in [-0.05, 0) is 38.4 Å². The van der Waals surface area contributed by atoms with Crippen LogP contribution >= 0.6 is 0 Å². The van der Waals surface area contributed by atoms with Crippen LogP contribution in [0.2, 0.25) is 0 Å². The summed E-state index contributed by atoms with van der Waals surface area (Å²) in [6, 6.07) is 8.58. The van der Waals surface area contributed by atoms with Crippen LogP contribution in [0.15, 0.2) is 24.3 Å². The van der Waals surface area contributed by atoms with E-state index >= 15 is 0 Å². The highest BCUT2D eigenvalue weighted by molar-refractivity contribution is 5.51. The van der Waals surface area contributed by atoms with E-state index < -0.39 is 0 Å². The molecule has 0 radical (unpaired) electrons. The summed E-state index contributed by atoms with van der Waals surface area (Å²) in [4.78, 5) is 2.37. The predicted molar refractivity (Wildman–Crippen MR) is 80.0 cm³/mol. The molecule has 0 aromatic heterocycles. The molecule has 1 aromatic carbocycles. The van der Waals surface area contributed by atoms with Crippen LogP contribution in [0.1, 0.15) is 19.8 Å². The molecule has 0 saturated carbocycles. The van der Waals surface area contributed by atoms with Crippen molar-refractivity contribution in [2.45, 2.75) is 25.8 Å². The lowest BCUT2D eigenvalue weighted by atomic mass is 10.1. The number of hydrogen-bond acceptors (Lipinski definition) is 4. The van der Waals surface area contributed by atoms with Crippen molar-refractivity contribution >= 4 is 5.69 Å². The smallest absolute Gasteiger partial charge is 0.120 e. The van der Waals surface area contributed by atoms with Crippen LogP contribution in [-0.2, 0) is 4.74 Å². The van der Waals surface area contributed by atoms with Crippen molar-refractivity contribution in [1.29, 1.82) is 0 Å². The van der Waals surface area contributed by atoms with Gasteiger partial charge in [0, 0.05) is 38.1 Å². The standard InChI is InChI=1S/C15H26N2O2/c1-13(8-11-18-2)17(10-5-9-16)14-6-4-7-15(12-14)19-3/h4,6-7,12-13H,5,8-11,16H2,1-3H3. The minimum Gasteiger partial charge on any atom is -0.497 e. The third kappa shape index (κ3) is 5.09. The largest absolute Gasteiger partial charge is 0.497 e. The molecule has 108 valence electrons. The zero-order chi connectivity index (χ0) is 14.1. The monoisotopic (exact) mass is 266 g/mol. The number of rotatable bonds is 9. The first-order chi connectivity index (χ1) is 9.22. The zero-order valence-corrected chi connectivity index (χ0v) is 12.3. The van der Waals surface area contributed by atoms with Crippen LogP contribution in [0.25, 0.3) is 0 Å². The quantitative estimate of drug-likeness (QED) is 0.745. The molecule has 1 atom stereocenters. The normalized spacial score (nSPS) is 12.2. The van der Waals surface area contributed by atoms with Gasteiger partial charge in [0.1, 0.15) is 5.75 Å². The van der Waals surface area contributed by atoms with E-state index in [2.05, 4.69) is 24.0 Å². The van der Waals surface area contributed by atoms with Gasteiger partial charge < -0.3 is 20.1 Å². The second kappa shape index (κ2) is 8.77. The van der Waals surface area contributed by atoms with Gasteiger partial charge in [-0.25, -0.2) is 0 Å². The summed E-state index contributed by atoms with van der Waals surface area (Å²) < 4.78 is 10.5. The Labute approximate surface area is 116 Å². The molecule has 4 nitrogen and oxygen atoms in total. The van der Waals surface area contributed by atoms with Crippen LogP contribution in [0.3, 0.4) is 0 Å². The number of benzene rings is 1. The number of ether oxygens (including phenoxy) is 2. The molecule has 1 unspecified atom stereocenters. The molecule has 0 bridgehead atoms. The average Bonchev–Trinajstić information content (AvgIpc) is 2.45. The van der Waals surface area contributed by atoms with Gasteiger partial charge in [0.2, 0.25) is 0 Å². The van der Waals surface area contributed by atoms with E-state index in [0.717, 1.165) is 31.7 Å². The predicted octanol–water partition coefficient (Wildman–Crippen LogP) is 2.28. The number of nitrogens with zero attached hydrogens (tertiary/aromatic N) is 1. The average molecular weight is 266 g/mol. The molecule has 1 rings (SSSR count). The van der Waals surface area contributed by atoms with Gasteiger partial charge in [-0.2, -0.15) is 0 Å². The topological polar surface area (TPSA) is 47.7 Å². The molecule has 0 saturated heterocycles. The fourth-order valence-corrected chi connectivity index (χ4v) is 2.10. The van der Waals surface area contributed by atoms with Gasteiger partial charge in [-0.1, -0.05) is 6.07 Å². The Bertz CT molecular complexity index is 358. The van der Waals surface area contributed by atoms with E-state index in [9.17, 15) is 0 Å². The highest BCUT2D eigenvalue weighted by Gasteiger charge is 2.14. The summed E-state index contributed by atoms with van der Waals surface area (Å²) in [5.41, 5.74) is 6.81. The molecule has 0 amide bonds. The van der Waals surface area contributed by atoms with E-state index in [4.69, 9.17) is 15.2 Å². The second-order valence-corrected chi connectivity index (χ2v) is 4.67. The molecule has 4 heteroatoms. The summed E-state index contributed by atoms with van der Waals surface area (Å²) in [6.07, 6.45) is 1.98. The molecule has 2 N–H and O–H groups in total. The highest BCUT2D eigenvalue weighted by Crippen LogP contribution is 2.23. The molecule has 0 spiro atoms. The van der Waals surface area contributed by atoms with Crippen LogP contribution in [-0.4, -0.2) is 40.0 Å². The molecule has 0 aliphatic rings. The summed E-state index contributed by atoms with van der Waals surface area (Å²) >= 11 is 0. The highest BCUT2D eigenvalue weighted by atomic mass is 16.5. The minimum atomic E-state index is 0.415. The van der Waals surface area contributed by atoms with E-state index in [1.807, 2.05) is 12.1 Å². The Morgan fingerprint density at radius 2 is 2.11 bits per heavy atom. The van der Waals surface area contributed by atoms with Crippen molar-refractivity contribution in [2.75, 3.05) is 38.8 Å². The van der Waals surface area contributed by atoms with Crippen molar-refractivity contribution in [2.24, 2.45) is 5.73 Å². The first kappa shape index (κ1) is 15.8. The Morgan fingerprint density at radius 3 is 2.74 bits per heavy atom. The fraction of sp³-hybridized carbons (Fsp3) is 0.600. The molecule has 0 fully saturated rings. The Balaban J connectivity index is 2.81. The molecular weight excluding hydrogens is 240 g/mol. The molecule has 0 heterocycles. The SMILES string of the molecule is COCCC(C)N(CCCN)c1cccc(OC)c1. The summed E-state index contributed by atoms with van der Waals surface area (Å²) in [7, 11) is 3.43. The maximum absolute atomic E-state index is 5.64. The summed E-state index contributed by atoms with van der Waals surface area (Å²) in [5, 5.41) is 0. The lowest BCUT2D eigenvalue weighted by Gasteiger charge is -2.31. The lowest BCUT2D eigenvalue weighted by Crippen LogP contribution is -2.35.